The van der Waals surface area contributed by atoms with Crippen molar-refractivity contribution in [3.63, 3.8) is 0 Å². The van der Waals surface area contributed by atoms with Gasteiger partial charge in [-0.25, -0.2) is 5.43 Å². The van der Waals surface area contributed by atoms with Crippen molar-refractivity contribution in [1.29, 1.82) is 0 Å². The van der Waals surface area contributed by atoms with E-state index in [0.717, 1.165) is 11.4 Å². The van der Waals surface area contributed by atoms with Crippen LogP contribution in [-0.4, -0.2) is 30.0 Å². The molecular weight excluding hydrogens is 382 g/mol. The summed E-state index contributed by atoms with van der Waals surface area (Å²) in [5.41, 5.74) is 5.04. The number of rotatable bonds is 8. The van der Waals surface area contributed by atoms with Crippen LogP contribution in [0.5, 0.6) is 0 Å². The van der Waals surface area contributed by atoms with Crippen LogP contribution in [0.2, 0.25) is 0 Å². The van der Waals surface area contributed by atoms with Gasteiger partial charge in [-0.2, -0.15) is 5.10 Å². The molecule has 30 heavy (non-hydrogen) atoms. The first-order valence-electron chi connectivity index (χ1n) is 9.67. The minimum atomic E-state index is -0.864. The third-order valence-corrected chi connectivity index (χ3v) is 3.87. The molecular formula is C22H27N5O3. The first-order chi connectivity index (χ1) is 14.3. The second kappa shape index (κ2) is 11.4. The molecule has 0 aliphatic carbocycles. The second-order valence-corrected chi connectivity index (χ2v) is 7.19. The molecule has 0 aliphatic rings. The van der Waals surface area contributed by atoms with E-state index in [4.69, 9.17) is 0 Å². The van der Waals surface area contributed by atoms with E-state index in [-0.39, 0.29) is 18.2 Å². The molecule has 2 aromatic carbocycles. The van der Waals surface area contributed by atoms with E-state index >= 15 is 0 Å². The van der Waals surface area contributed by atoms with Crippen molar-refractivity contribution in [3.05, 3.63) is 54.6 Å². The van der Waals surface area contributed by atoms with E-state index in [1.165, 1.54) is 0 Å². The van der Waals surface area contributed by atoms with Crippen LogP contribution >= 0.6 is 0 Å². The summed E-state index contributed by atoms with van der Waals surface area (Å²) in [6.07, 6.45) is -0.0160. The van der Waals surface area contributed by atoms with E-state index in [9.17, 15) is 14.4 Å². The Morgan fingerprint density at radius 3 is 2.10 bits per heavy atom. The van der Waals surface area contributed by atoms with E-state index < -0.39 is 11.8 Å². The number of para-hydroxylation sites is 1. The van der Waals surface area contributed by atoms with Crippen LogP contribution in [0.3, 0.4) is 0 Å². The summed E-state index contributed by atoms with van der Waals surface area (Å²) in [7, 11) is 0. The summed E-state index contributed by atoms with van der Waals surface area (Å²) in [4.78, 5) is 35.4. The SMILES string of the molecule is CC(CC(=O)Nc1ccc(Nc2ccccc2)cc1)=NNC(=O)C(=O)NCC(C)C. The number of hydrazone groups is 1. The van der Waals surface area contributed by atoms with Crippen LogP contribution in [0.4, 0.5) is 17.1 Å². The minimum Gasteiger partial charge on any atom is -0.356 e. The quantitative estimate of drug-likeness (QED) is 0.305. The molecule has 0 bridgehead atoms. The van der Waals surface area contributed by atoms with Crippen LogP contribution in [0, 0.1) is 5.92 Å². The summed E-state index contributed by atoms with van der Waals surface area (Å²) in [5.74, 6) is -1.66. The molecule has 0 aromatic heterocycles. The maximum atomic E-state index is 12.2. The zero-order valence-electron chi connectivity index (χ0n) is 17.4. The van der Waals surface area contributed by atoms with Crippen LogP contribution < -0.4 is 21.4 Å². The van der Waals surface area contributed by atoms with Crippen LogP contribution in [0.25, 0.3) is 0 Å². The molecule has 3 amide bonds. The van der Waals surface area contributed by atoms with Crippen LogP contribution in [0.15, 0.2) is 59.7 Å². The highest BCUT2D eigenvalue weighted by Crippen LogP contribution is 2.18. The number of nitrogens with zero attached hydrogens (tertiary/aromatic N) is 1. The third-order valence-electron chi connectivity index (χ3n) is 3.87. The molecule has 0 saturated heterocycles. The average molecular weight is 409 g/mol. The molecule has 4 N–H and O–H groups in total. The zero-order chi connectivity index (χ0) is 21.9. The van der Waals surface area contributed by atoms with Crippen LogP contribution in [0.1, 0.15) is 27.2 Å². The monoisotopic (exact) mass is 409 g/mol. The molecule has 0 unspecified atom stereocenters. The normalized spacial score (nSPS) is 11.0. The lowest BCUT2D eigenvalue weighted by molar-refractivity contribution is -0.139. The lowest BCUT2D eigenvalue weighted by Gasteiger charge is -2.09. The van der Waals surface area contributed by atoms with Gasteiger partial charge in [-0.3, -0.25) is 14.4 Å². The molecule has 0 heterocycles. The smallest absolute Gasteiger partial charge is 0.329 e. The summed E-state index contributed by atoms with van der Waals surface area (Å²) >= 11 is 0. The maximum Gasteiger partial charge on any atom is 0.329 e. The molecule has 0 atom stereocenters. The van der Waals surface area contributed by atoms with Gasteiger partial charge in [0.15, 0.2) is 0 Å². The Labute approximate surface area is 176 Å². The number of carbonyl (C=O) groups excluding carboxylic acids is 3. The molecule has 158 valence electrons. The Bertz CT molecular complexity index is 893. The van der Waals surface area contributed by atoms with Crippen molar-refractivity contribution in [2.45, 2.75) is 27.2 Å². The highest BCUT2D eigenvalue weighted by molar-refractivity contribution is 6.35. The Morgan fingerprint density at radius 1 is 0.867 bits per heavy atom. The predicted octanol–water partition coefficient (Wildman–Crippen LogP) is 3.02. The fraction of sp³-hybridized carbons (Fsp3) is 0.273. The van der Waals surface area contributed by atoms with E-state index in [0.29, 0.717) is 17.9 Å². The number of nitrogens with one attached hydrogen (secondary N) is 4. The molecule has 8 heteroatoms. The largest absolute Gasteiger partial charge is 0.356 e. The van der Waals surface area contributed by atoms with Gasteiger partial charge in [-0.1, -0.05) is 32.0 Å². The Morgan fingerprint density at radius 2 is 1.47 bits per heavy atom. The molecule has 0 aliphatic heterocycles. The van der Waals surface area contributed by atoms with Crippen molar-refractivity contribution in [3.8, 4) is 0 Å². The molecule has 0 spiro atoms. The number of hydrogen-bond acceptors (Lipinski definition) is 5. The highest BCUT2D eigenvalue weighted by Gasteiger charge is 2.13. The second-order valence-electron chi connectivity index (χ2n) is 7.19. The lowest BCUT2D eigenvalue weighted by Crippen LogP contribution is -2.39. The van der Waals surface area contributed by atoms with E-state index in [1.807, 2.05) is 56.3 Å². The van der Waals surface area contributed by atoms with Gasteiger partial charge in [0, 0.05) is 29.3 Å². The third kappa shape index (κ3) is 8.14. The number of hydrogen-bond donors (Lipinski definition) is 4. The van der Waals surface area contributed by atoms with Crippen molar-refractivity contribution in [1.82, 2.24) is 10.7 Å². The van der Waals surface area contributed by atoms with E-state index in [2.05, 4.69) is 26.5 Å². The molecule has 0 radical (unpaired) electrons. The number of benzene rings is 2. The van der Waals surface area contributed by atoms with Crippen molar-refractivity contribution in [2.75, 3.05) is 17.2 Å². The predicted molar refractivity (Wildman–Crippen MR) is 119 cm³/mol. The van der Waals surface area contributed by atoms with Gasteiger partial charge in [0.25, 0.3) is 0 Å². The van der Waals surface area contributed by atoms with Gasteiger partial charge >= 0.3 is 11.8 Å². The first kappa shape index (κ1) is 22.6. The first-order valence-corrected chi connectivity index (χ1v) is 9.67. The number of anilines is 3. The average Bonchev–Trinajstić information content (AvgIpc) is 2.72. The maximum absolute atomic E-state index is 12.2. The molecule has 2 aromatic rings. The molecule has 0 saturated carbocycles. The van der Waals surface area contributed by atoms with Gasteiger partial charge in [0.05, 0.1) is 6.42 Å². The van der Waals surface area contributed by atoms with Crippen molar-refractivity contribution < 1.29 is 14.4 Å². The fourth-order valence-corrected chi connectivity index (χ4v) is 2.38. The van der Waals surface area contributed by atoms with Crippen molar-refractivity contribution >= 4 is 40.5 Å². The van der Waals surface area contributed by atoms with Crippen molar-refractivity contribution in [2.24, 2.45) is 11.0 Å². The van der Waals surface area contributed by atoms with E-state index in [1.54, 1.807) is 19.1 Å². The standard InChI is InChI=1S/C22H27N5O3/c1-15(2)14-23-21(29)22(30)27-26-16(3)13-20(28)25-19-11-9-18(10-12-19)24-17-7-5-4-6-8-17/h4-12,15,24H,13-14H2,1-3H3,(H,23,29)(H,25,28)(H,27,30). The molecule has 0 fully saturated rings. The van der Waals surface area contributed by atoms with Gasteiger partial charge < -0.3 is 16.0 Å². The Balaban J connectivity index is 1.79. The van der Waals surface area contributed by atoms with Gasteiger partial charge in [-0.05, 0) is 49.2 Å². The molecule has 2 rings (SSSR count). The summed E-state index contributed by atoms with van der Waals surface area (Å²) in [6.45, 7) is 5.84. The van der Waals surface area contributed by atoms with Gasteiger partial charge in [0.2, 0.25) is 5.91 Å². The van der Waals surface area contributed by atoms with Crippen LogP contribution in [-0.2, 0) is 14.4 Å². The van der Waals surface area contributed by atoms with Gasteiger partial charge in [0.1, 0.15) is 0 Å². The summed E-state index contributed by atoms with van der Waals surface area (Å²) in [5, 5.41) is 12.3. The number of carbonyl (C=O) groups is 3. The summed E-state index contributed by atoms with van der Waals surface area (Å²) in [6, 6.07) is 17.1. The topological polar surface area (TPSA) is 112 Å². The summed E-state index contributed by atoms with van der Waals surface area (Å²) < 4.78 is 0. The zero-order valence-corrected chi connectivity index (χ0v) is 17.4. The Hall–Kier alpha value is -3.68. The highest BCUT2D eigenvalue weighted by atomic mass is 16.2. The van der Waals surface area contributed by atoms with Gasteiger partial charge in [-0.15, -0.1) is 0 Å². The minimum absolute atomic E-state index is 0.0160. The number of amides is 3. The fourth-order valence-electron chi connectivity index (χ4n) is 2.38. The molecule has 8 nitrogen and oxygen atoms in total. The Kier molecular flexibility index (Phi) is 8.56. The lowest BCUT2D eigenvalue weighted by atomic mass is 10.2.